The molecule has 0 aliphatic heterocycles. The third-order valence-corrected chi connectivity index (χ3v) is 6.79. The van der Waals surface area contributed by atoms with Crippen LogP contribution in [-0.4, -0.2) is 4.98 Å². The summed E-state index contributed by atoms with van der Waals surface area (Å²) in [5, 5.41) is 0. The molecular formula is C22H25N. The minimum absolute atomic E-state index is 0.0637. The fraction of sp³-hybridized carbons (Fsp3) is 0.409. The monoisotopic (exact) mass is 303 g/mol. The number of allylic oxidation sites excluding steroid dienone is 4. The van der Waals surface area contributed by atoms with Crippen LogP contribution in [-0.2, 0) is 5.41 Å². The van der Waals surface area contributed by atoms with E-state index in [1.165, 1.54) is 41.7 Å². The van der Waals surface area contributed by atoms with Crippen LogP contribution in [0.1, 0.15) is 43.1 Å². The smallest absolute Gasteiger partial charge is 0.0590 e. The van der Waals surface area contributed by atoms with E-state index >= 15 is 0 Å². The fourth-order valence-electron chi connectivity index (χ4n) is 4.97. The number of aromatic nitrogens is 1. The number of nitrogens with zero attached hydrogens (tertiary/aromatic N) is 1. The second-order valence-corrected chi connectivity index (χ2v) is 7.89. The van der Waals surface area contributed by atoms with Crippen molar-refractivity contribution in [2.45, 2.75) is 38.5 Å². The summed E-state index contributed by atoms with van der Waals surface area (Å²) in [6, 6.07) is 4.32. The second kappa shape index (κ2) is 4.56. The highest BCUT2D eigenvalue weighted by Gasteiger charge is 2.72. The van der Waals surface area contributed by atoms with E-state index in [4.69, 9.17) is 4.98 Å². The largest absolute Gasteiger partial charge is 0.257 e. The molecule has 118 valence electrons. The molecule has 0 radical (unpaired) electrons. The van der Waals surface area contributed by atoms with Crippen LogP contribution in [0.15, 0.2) is 55.2 Å². The Labute approximate surface area is 139 Å². The first-order valence-electron chi connectivity index (χ1n) is 8.59. The van der Waals surface area contributed by atoms with Crippen LogP contribution in [0, 0.1) is 24.2 Å². The molecule has 1 heterocycles. The van der Waals surface area contributed by atoms with Crippen LogP contribution in [0.2, 0.25) is 0 Å². The summed E-state index contributed by atoms with van der Waals surface area (Å²) in [4.78, 5) is 4.94. The molecule has 1 aromatic rings. The lowest BCUT2D eigenvalue weighted by Gasteiger charge is -2.43. The van der Waals surface area contributed by atoms with Gasteiger partial charge < -0.3 is 0 Å². The SMILES string of the molecule is C=CC(=C)C1CC(C2(C)CC23C(=C)C=Cc2ccc(C)nc23)C1. The maximum absolute atomic E-state index is 4.94. The minimum Gasteiger partial charge on any atom is -0.257 e. The molecule has 1 nitrogen and oxygen atoms in total. The quantitative estimate of drug-likeness (QED) is 0.682. The van der Waals surface area contributed by atoms with E-state index in [2.05, 4.69) is 57.9 Å². The van der Waals surface area contributed by atoms with Crippen LogP contribution < -0.4 is 0 Å². The molecule has 3 aliphatic carbocycles. The highest BCUT2D eigenvalue weighted by molar-refractivity contribution is 5.68. The average Bonchev–Trinajstić information content (AvgIpc) is 3.09. The first kappa shape index (κ1) is 14.7. The molecule has 2 fully saturated rings. The average molecular weight is 303 g/mol. The predicted octanol–water partition coefficient (Wildman–Crippen LogP) is 5.39. The Morgan fingerprint density at radius 3 is 2.74 bits per heavy atom. The van der Waals surface area contributed by atoms with Gasteiger partial charge in [0.05, 0.1) is 5.69 Å². The van der Waals surface area contributed by atoms with Crippen molar-refractivity contribution in [3.05, 3.63) is 72.1 Å². The Morgan fingerprint density at radius 1 is 1.30 bits per heavy atom. The van der Waals surface area contributed by atoms with Gasteiger partial charge in [-0.15, -0.1) is 0 Å². The lowest BCUT2D eigenvalue weighted by molar-refractivity contribution is 0.130. The summed E-state index contributed by atoms with van der Waals surface area (Å²) in [6.45, 7) is 16.9. The van der Waals surface area contributed by atoms with Crippen LogP contribution in [0.3, 0.4) is 0 Å². The van der Waals surface area contributed by atoms with E-state index in [0.29, 0.717) is 11.3 Å². The van der Waals surface area contributed by atoms with Crippen molar-refractivity contribution in [3.63, 3.8) is 0 Å². The van der Waals surface area contributed by atoms with Gasteiger partial charge in [0.15, 0.2) is 0 Å². The molecule has 0 N–H and O–H groups in total. The number of fused-ring (bicyclic) bond motifs is 2. The van der Waals surface area contributed by atoms with Gasteiger partial charge in [-0.1, -0.05) is 56.5 Å². The Morgan fingerprint density at radius 2 is 2.04 bits per heavy atom. The molecule has 1 spiro atoms. The first-order chi connectivity index (χ1) is 10.9. The summed E-state index contributed by atoms with van der Waals surface area (Å²) < 4.78 is 0. The number of hydrogen-bond donors (Lipinski definition) is 0. The van der Waals surface area contributed by atoms with E-state index < -0.39 is 0 Å². The van der Waals surface area contributed by atoms with Gasteiger partial charge in [0.25, 0.3) is 0 Å². The molecule has 2 saturated carbocycles. The van der Waals surface area contributed by atoms with Crippen molar-refractivity contribution in [2.24, 2.45) is 17.3 Å². The van der Waals surface area contributed by atoms with Crippen molar-refractivity contribution >= 4 is 6.08 Å². The summed E-state index contributed by atoms with van der Waals surface area (Å²) in [6.07, 6.45) is 9.97. The van der Waals surface area contributed by atoms with Gasteiger partial charge in [-0.2, -0.15) is 0 Å². The zero-order valence-corrected chi connectivity index (χ0v) is 14.2. The van der Waals surface area contributed by atoms with E-state index in [1.807, 2.05) is 6.08 Å². The van der Waals surface area contributed by atoms with Crippen molar-refractivity contribution in [1.82, 2.24) is 4.98 Å². The molecule has 0 amide bonds. The van der Waals surface area contributed by atoms with Gasteiger partial charge in [0.2, 0.25) is 0 Å². The fourth-order valence-corrected chi connectivity index (χ4v) is 4.97. The zero-order valence-electron chi connectivity index (χ0n) is 14.2. The number of aryl methyl sites for hydroxylation is 1. The standard InChI is InChI=1S/C22H25N/c1-6-14(2)18-11-19(12-18)21(5)13-22(21)15(3)7-9-17-10-8-16(4)23-20(17)22/h6-10,18-19H,1-3,11-13H2,4-5H3. The van der Waals surface area contributed by atoms with Gasteiger partial charge in [0, 0.05) is 11.1 Å². The number of hydrogen-bond acceptors (Lipinski definition) is 1. The molecular weight excluding hydrogens is 278 g/mol. The van der Waals surface area contributed by atoms with E-state index in [-0.39, 0.29) is 5.41 Å². The van der Waals surface area contributed by atoms with Crippen LogP contribution in [0.4, 0.5) is 0 Å². The molecule has 0 aromatic carbocycles. The second-order valence-electron chi connectivity index (χ2n) is 7.89. The van der Waals surface area contributed by atoms with Crippen molar-refractivity contribution in [2.75, 3.05) is 0 Å². The van der Waals surface area contributed by atoms with Gasteiger partial charge in [-0.25, -0.2) is 0 Å². The normalized spacial score (nSPS) is 37.2. The Bertz CT molecular complexity index is 762. The highest BCUT2D eigenvalue weighted by atomic mass is 14.8. The highest BCUT2D eigenvalue weighted by Crippen LogP contribution is 2.76. The Hall–Kier alpha value is -1.89. The van der Waals surface area contributed by atoms with Crippen LogP contribution in [0.25, 0.3) is 6.08 Å². The van der Waals surface area contributed by atoms with Gasteiger partial charge in [-0.3, -0.25) is 4.98 Å². The summed E-state index contributed by atoms with van der Waals surface area (Å²) in [5.41, 5.74) is 6.45. The molecule has 0 saturated heterocycles. The summed E-state index contributed by atoms with van der Waals surface area (Å²) in [5.74, 6) is 1.37. The van der Waals surface area contributed by atoms with Crippen molar-refractivity contribution in [3.8, 4) is 0 Å². The van der Waals surface area contributed by atoms with Gasteiger partial charge in [0.1, 0.15) is 0 Å². The van der Waals surface area contributed by atoms with Crippen LogP contribution in [0.5, 0.6) is 0 Å². The predicted molar refractivity (Wildman–Crippen MR) is 97.1 cm³/mol. The third kappa shape index (κ3) is 1.77. The van der Waals surface area contributed by atoms with Gasteiger partial charge in [-0.05, 0) is 60.6 Å². The summed E-state index contributed by atoms with van der Waals surface area (Å²) in [7, 11) is 0. The molecule has 1 aromatic heterocycles. The Balaban J connectivity index is 1.68. The van der Waals surface area contributed by atoms with Crippen molar-refractivity contribution in [1.29, 1.82) is 0 Å². The maximum atomic E-state index is 4.94. The third-order valence-electron chi connectivity index (χ3n) is 6.79. The molecule has 3 aliphatic rings. The molecule has 2 atom stereocenters. The molecule has 23 heavy (non-hydrogen) atoms. The van der Waals surface area contributed by atoms with Gasteiger partial charge >= 0.3 is 0 Å². The minimum atomic E-state index is 0.0637. The Kier molecular flexibility index (Phi) is 2.91. The van der Waals surface area contributed by atoms with E-state index in [0.717, 1.165) is 11.6 Å². The molecule has 2 unspecified atom stereocenters. The number of pyridine rings is 1. The van der Waals surface area contributed by atoms with Crippen LogP contribution >= 0.6 is 0 Å². The van der Waals surface area contributed by atoms with E-state index in [9.17, 15) is 0 Å². The molecule has 0 bridgehead atoms. The van der Waals surface area contributed by atoms with E-state index in [1.54, 1.807) is 0 Å². The molecule has 4 rings (SSSR count). The lowest BCUT2D eigenvalue weighted by Crippen LogP contribution is -2.36. The zero-order chi connectivity index (χ0) is 16.4. The summed E-state index contributed by atoms with van der Waals surface area (Å²) >= 11 is 0. The number of rotatable bonds is 3. The maximum Gasteiger partial charge on any atom is 0.0590 e. The topological polar surface area (TPSA) is 12.9 Å². The lowest BCUT2D eigenvalue weighted by atomic mass is 9.61. The molecule has 1 heteroatoms. The van der Waals surface area contributed by atoms with Crippen molar-refractivity contribution < 1.29 is 0 Å². The first-order valence-corrected chi connectivity index (χ1v) is 8.59.